The summed E-state index contributed by atoms with van der Waals surface area (Å²) in [4.78, 5) is 13.6. The highest BCUT2D eigenvalue weighted by atomic mass is 19.1. The summed E-state index contributed by atoms with van der Waals surface area (Å²) in [5.74, 6) is 0.534. The summed E-state index contributed by atoms with van der Waals surface area (Å²) in [6.07, 6.45) is 5.10. The maximum atomic E-state index is 12.9. The molecule has 0 aliphatic carbocycles. The third kappa shape index (κ3) is 5.02. The second-order valence-corrected chi connectivity index (χ2v) is 7.59. The van der Waals surface area contributed by atoms with Crippen LogP contribution in [0.2, 0.25) is 0 Å². The van der Waals surface area contributed by atoms with Gasteiger partial charge in [0.25, 0.3) is 0 Å². The van der Waals surface area contributed by atoms with Gasteiger partial charge in [-0.3, -0.25) is 9.69 Å². The Hall–Kier alpha value is -2.70. The molecule has 1 amide bonds. The predicted octanol–water partition coefficient (Wildman–Crippen LogP) is 3.24. The molecule has 0 radical (unpaired) electrons. The lowest BCUT2D eigenvalue weighted by atomic mass is 10.0. The minimum Gasteiger partial charge on any atom is -0.488 e. The molecule has 2 aromatic rings. The number of amides is 1. The largest absolute Gasteiger partial charge is 0.488 e. The van der Waals surface area contributed by atoms with Crippen molar-refractivity contribution in [3.8, 4) is 5.75 Å². The topological polar surface area (TPSA) is 61.8 Å². The number of hydrogen-bond donors (Lipinski definition) is 2. The van der Waals surface area contributed by atoms with Crippen molar-refractivity contribution in [1.29, 1.82) is 0 Å². The average Bonchev–Trinajstić information content (AvgIpc) is 2.71. The van der Waals surface area contributed by atoms with E-state index in [1.165, 1.54) is 12.1 Å². The Morgan fingerprint density at radius 2 is 2.03 bits per heavy atom. The van der Waals surface area contributed by atoms with Gasteiger partial charge in [-0.05, 0) is 54.3 Å². The number of hydrogen-bond acceptors (Lipinski definition) is 4. The molecular formula is C23H25FN2O3. The van der Waals surface area contributed by atoms with Gasteiger partial charge >= 0.3 is 0 Å². The molecular weight excluding hydrogens is 371 g/mol. The number of fused-ring (bicyclic) bond motifs is 1. The van der Waals surface area contributed by atoms with E-state index in [9.17, 15) is 14.3 Å². The van der Waals surface area contributed by atoms with E-state index in [1.54, 1.807) is 12.1 Å². The SMILES string of the molecule is O=C1CCc2cc(O[C@@H]3CCN(C/C=C/c4ccc(F)cc4)C[C@H]3O)ccc2N1. The first-order valence-corrected chi connectivity index (χ1v) is 9.99. The van der Waals surface area contributed by atoms with Gasteiger partial charge in [0.1, 0.15) is 23.8 Å². The zero-order valence-electron chi connectivity index (χ0n) is 16.2. The summed E-state index contributed by atoms with van der Waals surface area (Å²) in [5.41, 5.74) is 2.87. The molecule has 2 heterocycles. The predicted molar refractivity (Wildman–Crippen MR) is 110 cm³/mol. The Balaban J connectivity index is 1.29. The average molecular weight is 396 g/mol. The van der Waals surface area contributed by atoms with Crippen LogP contribution < -0.4 is 10.1 Å². The number of carbonyl (C=O) groups excluding carboxylic acids is 1. The van der Waals surface area contributed by atoms with Gasteiger partial charge in [-0.25, -0.2) is 4.39 Å². The number of aryl methyl sites for hydroxylation is 1. The summed E-state index contributed by atoms with van der Waals surface area (Å²) in [7, 11) is 0. The number of benzene rings is 2. The van der Waals surface area contributed by atoms with E-state index in [1.807, 2.05) is 30.4 Å². The minimum atomic E-state index is -0.571. The van der Waals surface area contributed by atoms with Crippen LogP contribution >= 0.6 is 0 Å². The van der Waals surface area contributed by atoms with E-state index < -0.39 is 6.10 Å². The monoisotopic (exact) mass is 396 g/mol. The van der Waals surface area contributed by atoms with E-state index >= 15 is 0 Å². The number of aliphatic hydroxyl groups is 1. The molecule has 2 aliphatic heterocycles. The van der Waals surface area contributed by atoms with Crippen molar-refractivity contribution in [2.45, 2.75) is 31.5 Å². The molecule has 0 saturated carbocycles. The highest BCUT2D eigenvalue weighted by Crippen LogP contribution is 2.28. The minimum absolute atomic E-state index is 0.0439. The molecule has 0 unspecified atom stereocenters. The molecule has 29 heavy (non-hydrogen) atoms. The number of anilines is 1. The number of carbonyl (C=O) groups is 1. The van der Waals surface area contributed by atoms with E-state index in [0.717, 1.165) is 42.1 Å². The van der Waals surface area contributed by atoms with Crippen molar-refractivity contribution in [1.82, 2.24) is 4.90 Å². The Morgan fingerprint density at radius 3 is 2.83 bits per heavy atom. The molecule has 2 atom stereocenters. The number of nitrogens with zero attached hydrogens (tertiary/aromatic N) is 1. The fraction of sp³-hybridized carbons (Fsp3) is 0.348. The van der Waals surface area contributed by atoms with E-state index in [0.29, 0.717) is 19.4 Å². The van der Waals surface area contributed by atoms with Gasteiger partial charge in [-0.15, -0.1) is 0 Å². The van der Waals surface area contributed by atoms with Crippen LogP contribution in [0.3, 0.4) is 0 Å². The molecule has 6 heteroatoms. The number of rotatable bonds is 5. The van der Waals surface area contributed by atoms with Gasteiger partial charge in [0, 0.05) is 31.7 Å². The fourth-order valence-electron chi connectivity index (χ4n) is 3.80. The van der Waals surface area contributed by atoms with Gasteiger partial charge in [-0.2, -0.15) is 0 Å². The van der Waals surface area contributed by atoms with E-state index in [-0.39, 0.29) is 17.8 Å². The van der Waals surface area contributed by atoms with Crippen molar-refractivity contribution in [2.24, 2.45) is 0 Å². The number of aliphatic hydroxyl groups excluding tert-OH is 1. The van der Waals surface area contributed by atoms with Crippen LogP contribution in [0.5, 0.6) is 5.75 Å². The number of halogens is 1. The van der Waals surface area contributed by atoms with Crippen LogP contribution in [-0.4, -0.2) is 47.8 Å². The molecule has 2 aliphatic rings. The van der Waals surface area contributed by atoms with Gasteiger partial charge in [-0.1, -0.05) is 24.3 Å². The third-order valence-corrected chi connectivity index (χ3v) is 5.41. The Labute approximate surface area is 169 Å². The van der Waals surface area contributed by atoms with Crippen LogP contribution in [0.15, 0.2) is 48.5 Å². The summed E-state index contributed by atoms with van der Waals surface area (Å²) in [6, 6.07) is 12.0. The number of piperidine rings is 1. The van der Waals surface area contributed by atoms with Crippen LogP contribution in [0, 0.1) is 5.82 Å². The van der Waals surface area contributed by atoms with Crippen LogP contribution in [0.4, 0.5) is 10.1 Å². The van der Waals surface area contributed by atoms with Crippen molar-refractivity contribution in [2.75, 3.05) is 25.0 Å². The number of nitrogens with one attached hydrogen (secondary N) is 1. The Kier molecular flexibility index (Phi) is 5.92. The highest BCUT2D eigenvalue weighted by Gasteiger charge is 2.29. The highest BCUT2D eigenvalue weighted by molar-refractivity contribution is 5.94. The van der Waals surface area contributed by atoms with E-state index in [2.05, 4.69) is 10.2 Å². The summed E-state index contributed by atoms with van der Waals surface area (Å²) in [5, 5.41) is 13.4. The Bertz CT molecular complexity index is 897. The lowest BCUT2D eigenvalue weighted by molar-refractivity contribution is -0.116. The molecule has 2 aromatic carbocycles. The number of ether oxygens (including phenoxy) is 1. The normalized spacial score (nSPS) is 22.3. The van der Waals surface area contributed by atoms with Gasteiger partial charge in [0.05, 0.1) is 0 Å². The first kappa shape index (κ1) is 19.6. The zero-order valence-corrected chi connectivity index (χ0v) is 16.2. The fourth-order valence-corrected chi connectivity index (χ4v) is 3.80. The third-order valence-electron chi connectivity index (χ3n) is 5.41. The zero-order chi connectivity index (χ0) is 20.2. The van der Waals surface area contributed by atoms with Gasteiger partial charge in [0.2, 0.25) is 5.91 Å². The second-order valence-electron chi connectivity index (χ2n) is 7.59. The lowest BCUT2D eigenvalue weighted by Gasteiger charge is -2.35. The van der Waals surface area contributed by atoms with Crippen molar-refractivity contribution >= 4 is 17.7 Å². The standard InChI is InChI=1S/C23H25FN2O3/c24-18-6-3-16(4-7-18)2-1-12-26-13-11-22(21(27)15-26)29-19-8-9-20-17(14-19)5-10-23(28)25-20/h1-4,6-9,14,21-22,27H,5,10-13,15H2,(H,25,28)/b2-1+/t21-,22-/m1/s1. The maximum Gasteiger partial charge on any atom is 0.224 e. The van der Waals surface area contributed by atoms with Gasteiger partial charge in [0.15, 0.2) is 0 Å². The van der Waals surface area contributed by atoms with Crippen LogP contribution in [0.25, 0.3) is 6.08 Å². The van der Waals surface area contributed by atoms with Crippen molar-refractivity contribution in [3.05, 3.63) is 65.5 Å². The summed E-state index contributed by atoms with van der Waals surface area (Å²) < 4.78 is 19.0. The molecule has 0 spiro atoms. The molecule has 4 rings (SSSR count). The molecule has 2 N–H and O–H groups in total. The maximum absolute atomic E-state index is 12.9. The molecule has 1 fully saturated rings. The van der Waals surface area contributed by atoms with Gasteiger partial charge < -0.3 is 15.2 Å². The summed E-state index contributed by atoms with van der Waals surface area (Å²) in [6.45, 7) is 2.09. The lowest BCUT2D eigenvalue weighted by Crippen LogP contribution is -2.48. The molecule has 0 bridgehead atoms. The smallest absolute Gasteiger partial charge is 0.224 e. The molecule has 5 nitrogen and oxygen atoms in total. The molecule has 0 aromatic heterocycles. The first-order valence-electron chi connectivity index (χ1n) is 9.99. The number of likely N-dealkylation sites (tertiary alicyclic amines) is 1. The molecule has 1 saturated heterocycles. The van der Waals surface area contributed by atoms with Crippen molar-refractivity contribution in [3.63, 3.8) is 0 Å². The number of β-amino-alcohol motifs (C(OH)–C–C–N with tert-alkyl or cyclic N) is 1. The van der Waals surface area contributed by atoms with E-state index in [4.69, 9.17) is 4.74 Å². The quantitative estimate of drug-likeness (QED) is 0.815. The molecule has 152 valence electrons. The second kappa shape index (κ2) is 8.76. The summed E-state index contributed by atoms with van der Waals surface area (Å²) >= 11 is 0. The van der Waals surface area contributed by atoms with Crippen LogP contribution in [-0.2, 0) is 11.2 Å². The van der Waals surface area contributed by atoms with Crippen molar-refractivity contribution < 1.29 is 19.0 Å². The Morgan fingerprint density at radius 1 is 1.21 bits per heavy atom. The first-order chi connectivity index (χ1) is 14.1. The van der Waals surface area contributed by atoms with Crippen LogP contribution in [0.1, 0.15) is 24.0 Å².